The van der Waals surface area contributed by atoms with E-state index in [-0.39, 0.29) is 0 Å². The van der Waals surface area contributed by atoms with Gasteiger partial charge in [-0.2, -0.15) is 0 Å². The van der Waals surface area contributed by atoms with Crippen LogP contribution in [0.1, 0.15) is 9.67 Å². The minimum absolute atomic E-state index is 0.781. The Hall–Kier alpha value is -1.06. The molecule has 0 radical (unpaired) electrons. The van der Waals surface area contributed by atoms with Crippen molar-refractivity contribution in [1.82, 2.24) is 0 Å². The zero-order valence-electron chi connectivity index (χ0n) is 7.34. The monoisotopic (exact) mass is 220 g/mol. The van der Waals surface area contributed by atoms with Gasteiger partial charge in [-0.25, -0.2) is 0 Å². The minimum atomic E-state index is 0.781. The third kappa shape index (κ3) is 2.25. The molecule has 0 fully saturated rings. The number of carbonyl (C=O) groups is 1. The summed E-state index contributed by atoms with van der Waals surface area (Å²) in [6.45, 7) is 0. The van der Waals surface area contributed by atoms with Crippen molar-refractivity contribution in [2.75, 3.05) is 0 Å². The molecule has 0 atom stereocenters. The lowest BCUT2D eigenvalue weighted by Crippen LogP contribution is -1.66. The van der Waals surface area contributed by atoms with Crippen molar-refractivity contribution < 1.29 is 4.79 Å². The number of hydrogen-bond donors (Lipinski definition) is 0. The Morgan fingerprint density at radius 3 is 2.50 bits per heavy atom. The van der Waals surface area contributed by atoms with Gasteiger partial charge in [0.25, 0.3) is 0 Å². The third-order valence-corrected chi connectivity index (χ3v) is 3.83. The molecule has 70 valence electrons. The van der Waals surface area contributed by atoms with Crippen molar-refractivity contribution in [2.45, 2.75) is 9.10 Å². The van der Waals surface area contributed by atoms with E-state index in [1.165, 1.54) is 16.2 Å². The summed E-state index contributed by atoms with van der Waals surface area (Å²) in [5.74, 6) is 0. The number of rotatable bonds is 3. The predicted molar refractivity (Wildman–Crippen MR) is 60.3 cm³/mol. The van der Waals surface area contributed by atoms with Crippen LogP contribution < -0.4 is 0 Å². The molecular weight excluding hydrogens is 212 g/mol. The van der Waals surface area contributed by atoms with Crippen LogP contribution in [0.4, 0.5) is 0 Å². The standard InChI is InChI=1S/C11H8OS2/c12-8-10-6-7-11(14-10)13-9-4-2-1-3-5-9/h1-8H. The van der Waals surface area contributed by atoms with E-state index < -0.39 is 0 Å². The number of aldehydes is 1. The van der Waals surface area contributed by atoms with Crippen LogP contribution in [0.25, 0.3) is 0 Å². The van der Waals surface area contributed by atoms with Gasteiger partial charge in [0, 0.05) is 4.90 Å². The fourth-order valence-electron chi connectivity index (χ4n) is 1.06. The SMILES string of the molecule is O=Cc1ccc(Sc2ccccc2)s1. The van der Waals surface area contributed by atoms with Crippen LogP contribution in [-0.2, 0) is 0 Å². The summed E-state index contributed by atoms with van der Waals surface area (Å²) in [6.07, 6.45) is 0.889. The summed E-state index contributed by atoms with van der Waals surface area (Å²) in [7, 11) is 0. The van der Waals surface area contributed by atoms with Crippen molar-refractivity contribution in [3.63, 3.8) is 0 Å². The highest BCUT2D eigenvalue weighted by atomic mass is 32.2. The van der Waals surface area contributed by atoms with E-state index in [9.17, 15) is 4.79 Å². The highest BCUT2D eigenvalue weighted by Gasteiger charge is 2.00. The van der Waals surface area contributed by atoms with E-state index in [0.29, 0.717) is 0 Å². The smallest absolute Gasteiger partial charge is 0.160 e. The first kappa shape index (κ1) is 9.49. The van der Waals surface area contributed by atoms with E-state index >= 15 is 0 Å². The molecule has 0 aliphatic rings. The first-order valence-corrected chi connectivity index (χ1v) is 5.80. The second-order valence-corrected chi connectivity index (χ2v) is 5.18. The maximum absolute atomic E-state index is 10.5. The van der Waals surface area contributed by atoms with Crippen LogP contribution in [0.2, 0.25) is 0 Å². The van der Waals surface area contributed by atoms with Gasteiger partial charge < -0.3 is 0 Å². The fourth-order valence-corrected chi connectivity index (χ4v) is 3.02. The molecule has 3 heteroatoms. The molecule has 0 N–H and O–H groups in total. The van der Waals surface area contributed by atoms with Gasteiger partial charge in [-0.3, -0.25) is 4.79 Å². The molecule has 2 rings (SSSR count). The van der Waals surface area contributed by atoms with Crippen LogP contribution in [0.3, 0.4) is 0 Å². The number of benzene rings is 1. The maximum Gasteiger partial charge on any atom is 0.160 e. The molecule has 0 unspecified atom stereocenters. The van der Waals surface area contributed by atoms with Gasteiger partial charge in [-0.05, 0) is 24.3 Å². The second kappa shape index (κ2) is 4.44. The molecule has 0 saturated heterocycles. The van der Waals surface area contributed by atoms with E-state index in [1.807, 2.05) is 30.3 Å². The molecule has 2 aromatic rings. The molecule has 1 heterocycles. The van der Waals surface area contributed by atoms with Crippen molar-refractivity contribution in [2.24, 2.45) is 0 Å². The average molecular weight is 220 g/mol. The molecule has 1 nitrogen and oxygen atoms in total. The highest BCUT2D eigenvalue weighted by Crippen LogP contribution is 2.32. The summed E-state index contributed by atoms with van der Waals surface area (Å²) in [5, 5.41) is 0. The van der Waals surface area contributed by atoms with Crippen molar-refractivity contribution in [3.05, 3.63) is 47.3 Å². The number of carbonyl (C=O) groups excluding carboxylic acids is 1. The molecule has 1 aromatic heterocycles. The largest absolute Gasteiger partial charge is 0.297 e. The van der Waals surface area contributed by atoms with E-state index in [2.05, 4.69) is 12.1 Å². The van der Waals surface area contributed by atoms with Crippen molar-refractivity contribution in [3.8, 4) is 0 Å². The Balaban J connectivity index is 2.15. The van der Waals surface area contributed by atoms with E-state index in [4.69, 9.17) is 0 Å². The topological polar surface area (TPSA) is 17.1 Å². The Morgan fingerprint density at radius 2 is 1.86 bits per heavy atom. The maximum atomic E-state index is 10.5. The molecule has 0 aliphatic carbocycles. The van der Waals surface area contributed by atoms with Crippen LogP contribution in [-0.4, -0.2) is 6.29 Å². The number of hydrogen-bond acceptors (Lipinski definition) is 3. The lowest BCUT2D eigenvalue weighted by molar-refractivity contribution is 0.112. The normalized spacial score (nSPS) is 10.0. The summed E-state index contributed by atoms with van der Waals surface area (Å²) in [6, 6.07) is 14.0. The van der Waals surface area contributed by atoms with Gasteiger partial charge in [0.2, 0.25) is 0 Å². The molecule has 0 aliphatic heterocycles. The predicted octanol–water partition coefficient (Wildman–Crippen LogP) is 3.71. The van der Waals surface area contributed by atoms with E-state index in [1.54, 1.807) is 11.8 Å². The molecule has 0 saturated carbocycles. The van der Waals surface area contributed by atoms with Gasteiger partial charge >= 0.3 is 0 Å². The van der Waals surface area contributed by atoms with Crippen molar-refractivity contribution >= 4 is 29.4 Å². The van der Waals surface area contributed by atoms with Gasteiger partial charge in [-0.1, -0.05) is 30.0 Å². The molecule has 0 spiro atoms. The van der Waals surface area contributed by atoms with Gasteiger partial charge in [-0.15, -0.1) is 11.3 Å². The minimum Gasteiger partial charge on any atom is -0.297 e. The zero-order chi connectivity index (χ0) is 9.80. The Kier molecular flexibility index (Phi) is 3.01. The third-order valence-electron chi connectivity index (χ3n) is 1.68. The Labute approximate surface area is 90.8 Å². The average Bonchev–Trinajstić information content (AvgIpc) is 2.67. The van der Waals surface area contributed by atoms with Crippen molar-refractivity contribution in [1.29, 1.82) is 0 Å². The lowest BCUT2D eigenvalue weighted by Gasteiger charge is -1.95. The molecule has 1 aromatic carbocycles. The molecule has 0 amide bonds. The van der Waals surface area contributed by atoms with E-state index in [0.717, 1.165) is 15.4 Å². The van der Waals surface area contributed by atoms with Gasteiger partial charge in [0.05, 0.1) is 9.09 Å². The van der Waals surface area contributed by atoms with Crippen LogP contribution >= 0.6 is 23.1 Å². The Bertz CT molecular complexity index is 420. The van der Waals surface area contributed by atoms with Gasteiger partial charge in [0.15, 0.2) is 6.29 Å². The highest BCUT2D eigenvalue weighted by molar-refractivity contribution is 8.01. The summed E-state index contributed by atoms with van der Waals surface area (Å²) in [4.78, 5) is 12.5. The second-order valence-electron chi connectivity index (χ2n) is 2.69. The Morgan fingerprint density at radius 1 is 1.07 bits per heavy atom. The molecule has 0 bridgehead atoms. The lowest BCUT2D eigenvalue weighted by atomic mass is 10.4. The summed E-state index contributed by atoms with van der Waals surface area (Å²) >= 11 is 3.21. The van der Waals surface area contributed by atoms with Crippen LogP contribution in [0, 0.1) is 0 Å². The first-order valence-electron chi connectivity index (χ1n) is 4.16. The molecule has 14 heavy (non-hydrogen) atoms. The zero-order valence-corrected chi connectivity index (χ0v) is 8.98. The number of thiophene rings is 1. The summed E-state index contributed by atoms with van der Waals surface area (Å²) in [5.41, 5.74) is 0. The van der Waals surface area contributed by atoms with Crippen LogP contribution in [0.5, 0.6) is 0 Å². The molecular formula is C11H8OS2. The van der Waals surface area contributed by atoms with Gasteiger partial charge in [0.1, 0.15) is 0 Å². The quantitative estimate of drug-likeness (QED) is 0.733. The first-order chi connectivity index (χ1) is 6.88. The van der Waals surface area contributed by atoms with Crippen LogP contribution in [0.15, 0.2) is 51.6 Å². The summed E-state index contributed by atoms with van der Waals surface area (Å²) < 4.78 is 1.15. The fraction of sp³-hybridized carbons (Fsp3) is 0.